The highest BCUT2D eigenvalue weighted by atomic mass is 16.5. The molecule has 0 aromatic heterocycles. The van der Waals surface area contributed by atoms with Crippen LogP contribution in [0.15, 0.2) is 24.3 Å². The average molecular weight is 471 g/mol. The smallest absolute Gasteiger partial charge is 0.251 e. The van der Waals surface area contributed by atoms with Crippen molar-refractivity contribution in [3.8, 4) is 0 Å². The van der Waals surface area contributed by atoms with Crippen molar-refractivity contribution in [2.45, 2.75) is 64.8 Å². The molecule has 2 unspecified atom stereocenters. The SMILES string of the molecule is CCC(C)C(NC(=O)c1ccc(N2CCN(C(C)C)CC2)cc1)C(=O)N1CC[C@H]2OCC(=O)[C@H]21. The van der Waals surface area contributed by atoms with E-state index in [1.807, 2.05) is 38.1 Å². The number of hydrogen-bond acceptors (Lipinski definition) is 6. The van der Waals surface area contributed by atoms with Crippen LogP contribution in [0.4, 0.5) is 5.69 Å². The zero-order chi connectivity index (χ0) is 24.4. The van der Waals surface area contributed by atoms with Gasteiger partial charge in [0, 0.05) is 50.0 Å². The van der Waals surface area contributed by atoms with Gasteiger partial charge in [0.1, 0.15) is 18.7 Å². The summed E-state index contributed by atoms with van der Waals surface area (Å²) in [6.45, 7) is 13.0. The Bertz CT molecular complexity index is 895. The number of hydrogen-bond donors (Lipinski definition) is 1. The third-order valence-electron chi connectivity index (χ3n) is 7.70. The van der Waals surface area contributed by atoms with Crippen LogP contribution in [0.1, 0.15) is 50.9 Å². The fourth-order valence-electron chi connectivity index (χ4n) is 5.25. The molecule has 8 heteroatoms. The van der Waals surface area contributed by atoms with Crippen molar-refractivity contribution in [2.24, 2.45) is 5.92 Å². The molecule has 2 amide bonds. The second-order valence-corrected chi connectivity index (χ2v) is 10.1. The van der Waals surface area contributed by atoms with Crippen LogP contribution in [0.25, 0.3) is 0 Å². The summed E-state index contributed by atoms with van der Waals surface area (Å²) in [5, 5.41) is 2.97. The second kappa shape index (κ2) is 10.4. The lowest BCUT2D eigenvalue weighted by Crippen LogP contribution is -2.54. The molecule has 1 aromatic carbocycles. The van der Waals surface area contributed by atoms with Crippen molar-refractivity contribution >= 4 is 23.3 Å². The van der Waals surface area contributed by atoms with Crippen LogP contribution >= 0.6 is 0 Å². The summed E-state index contributed by atoms with van der Waals surface area (Å²) >= 11 is 0. The minimum Gasteiger partial charge on any atom is -0.369 e. The normalized spacial score (nSPS) is 24.9. The first-order valence-electron chi connectivity index (χ1n) is 12.6. The number of piperazine rings is 1. The van der Waals surface area contributed by atoms with Gasteiger partial charge in [-0.15, -0.1) is 0 Å². The van der Waals surface area contributed by atoms with Gasteiger partial charge in [-0.1, -0.05) is 20.3 Å². The molecule has 0 spiro atoms. The van der Waals surface area contributed by atoms with Crippen LogP contribution in [0, 0.1) is 5.92 Å². The zero-order valence-electron chi connectivity index (χ0n) is 20.8. The fourth-order valence-corrected chi connectivity index (χ4v) is 5.25. The van der Waals surface area contributed by atoms with Crippen LogP contribution in [0.3, 0.4) is 0 Å². The summed E-state index contributed by atoms with van der Waals surface area (Å²) in [5.41, 5.74) is 1.64. The molecule has 0 saturated carbocycles. The average Bonchev–Trinajstić information content (AvgIpc) is 3.44. The van der Waals surface area contributed by atoms with Crippen molar-refractivity contribution in [1.82, 2.24) is 15.1 Å². The summed E-state index contributed by atoms with van der Waals surface area (Å²) in [7, 11) is 0. The van der Waals surface area contributed by atoms with E-state index < -0.39 is 12.1 Å². The first-order valence-corrected chi connectivity index (χ1v) is 12.6. The van der Waals surface area contributed by atoms with E-state index in [0.29, 0.717) is 24.6 Å². The Morgan fingerprint density at radius 2 is 1.74 bits per heavy atom. The molecule has 0 radical (unpaired) electrons. The van der Waals surface area contributed by atoms with Crippen molar-refractivity contribution < 1.29 is 19.1 Å². The van der Waals surface area contributed by atoms with Crippen LogP contribution in [-0.4, -0.2) is 91.0 Å². The summed E-state index contributed by atoms with van der Waals surface area (Å²) < 4.78 is 5.53. The van der Waals surface area contributed by atoms with Crippen molar-refractivity contribution in [1.29, 1.82) is 0 Å². The predicted octanol–water partition coefficient (Wildman–Crippen LogP) is 1.93. The minimum atomic E-state index is -0.673. The molecule has 34 heavy (non-hydrogen) atoms. The van der Waals surface area contributed by atoms with E-state index in [9.17, 15) is 14.4 Å². The van der Waals surface area contributed by atoms with Gasteiger partial charge in [-0.3, -0.25) is 19.3 Å². The van der Waals surface area contributed by atoms with Gasteiger partial charge in [-0.05, 0) is 50.5 Å². The quantitative estimate of drug-likeness (QED) is 0.656. The van der Waals surface area contributed by atoms with Crippen molar-refractivity contribution in [3.05, 3.63) is 29.8 Å². The number of benzene rings is 1. The fraction of sp³-hybridized carbons (Fsp3) is 0.654. The number of nitrogens with zero attached hydrogens (tertiary/aromatic N) is 3. The molecule has 4 atom stereocenters. The molecular formula is C26H38N4O4. The Balaban J connectivity index is 1.41. The molecule has 186 valence electrons. The zero-order valence-corrected chi connectivity index (χ0v) is 20.8. The van der Waals surface area contributed by atoms with Crippen molar-refractivity contribution in [3.63, 3.8) is 0 Å². The molecule has 4 rings (SSSR count). The lowest BCUT2D eigenvalue weighted by Gasteiger charge is -2.38. The number of carbonyl (C=O) groups is 3. The molecule has 3 saturated heterocycles. The maximum atomic E-state index is 13.4. The van der Waals surface area contributed by atoms with Gasteiger partial charge < -0.3 is 19.9 Å². The Labute approximate surface area is 202 Å². The number of Topliss-reactive ketones (excluding diaryl/α,β-unsaturated/α-hetero) is 1. The molecule has 8 nitrogen and oxygen atoms in total. The Hall–Kier alpha value is -2.45. The highest BCUT2D eigenvalue weighted by Gasteiger charge is 2.48. The lowest BCUT2D eigenvalue weighted by molar-refractivity contribution is -0.139. The highest BCUT2D eigenvalue weighted by Crippen LogP contribution is 2.28. The Morgan fingerprint density at radius 1 is 1.06 bits per heavy atom. The van der Waals surface area contributed by atoms with Gasteiger partial charge in [0.05, 0.1) is 6.10 Å². The number of anilines is 1. The maximum Gasteiger partial charge on any atom is 0.251 e. The molecule has 0 bridgehead atoms. The van der Waals surface area contributed by atoms with Gasteiger partial charge in [0.25, 0.3) is 5.91 Å². The molecular weight excluding hydrogens is 432 g/mol. The van der Waals surface area contributed by atoms with Crippen LogP contribution < -0.4 is 10.2 Å². The molecule has 3 fully saturated rings. The van der Waals surface area contributed by atoms with Crippen LogP contribution in [0.2, 0.25) is 0 Å². The predicted molar refractivity (Wildman–Crippen MR) is 131 cm³/mol. The van der Waals surface area contributed by atoms with E-state index in [-0.39, 0.29) is 36.2 Å². The Kier molecular flexibility index (Phi) is 7.57. The highest BCUT2D eigenvalue weighted by molar-refractivity contribution is 5.99. The lowest BCUT2D eigenvalue weighted by atomic mass is 9.96. The molecule has 1 N–H and O–H groups in total. The summed E-state index contributed by atoms with van der Waals surface area (Å²) in [5.74, 6) is -0.549. The second-order valence-electron chi connectivity index (χ2n) is 10.1. The number of likely N-dealkylation sites (tertiary alicyclic amines) is 1. The number of nitrogens with one attached hydrogen (secondary N) is 1. The third kappa shape index (κ3) is 4.98. The van der Waals surface area contributed by atoms with E-state index >= 15 is 0 Å². The number of ketones is 1. The first kappa shape index (κ1) is 24.7. The van der Waals surface area contributed by atoms with Crippen LogP contribution in [-0.2, 0) is 14.3 Å². The third-order valence-corrected chi connectivity index (χ3v) is 7.70. The molecule has 1 aromatic rings. The molecule has 3 aliphatic heterocycles. The summed E-state index contributed by atoms with van der Waals surface area (Å²) in [6.07, 6.45) is 1.19. The monoisotopic (exact) mass is 470 g/mol. The largest absolute Gasteiger partial charge is 0.369 e. The van der Waals surface area contributed by atoms with Crippen LogP contribution in [0.5, 0.6) is 0 Å². The van der Waals surface area contributed by atoms with E-state index in [0.717, 1.165) is 38.3 Å². The molecule has 3 heterocycles. The number of rotatable bonds is 7. The van der Waals surface area contributed by atoms with Gasteiger partial charge in [0.2, 0.25) is 5.91 Å². The Morgan fingerprint density at radius 3 is 2.35 bits per heavy atom. The first-order chi connectivity index (χ1) is 16.3. The summed E-state index contributed by atoms with van der Waals surface area (Å²) in [6, 6.07) is 7.01. The number of amides is 2. The molecule has 0 aliphatic carbocycles. The van der Waals surface area contributed by atoms with E-state index in [1.54, 1.807) is 4.90 Å². The number of ether oxygens (including phenoxy) is 1. The maximum absolute atomic E-state index is 13.4. The van der Waals surface area contributed by atoms with Gasteiger partial charge in [-0.25, -0.2) is 0 Å². The standard InChI is InChI=1S/C26H38N4O4/c1-5-18(4)23(26(33)30-11-10-22-24(30)21(31)16-34-22)27-25(32)19-6-8-20(9-7-19)29-14-12-28(13-15-29)17(2)3/h6-9,17-18,22-24H,5,10-16H2,1-4H3,(H,27,32)/t18?,22-,23?,24-/m1/s1. The number of carbonyl (C=O) groups excluding carboxylic acids is 3. The van der Waals surface area contributed by atoms with Gasteiger partial charge in [0.15, 0.2) is 5.78 Å². The minimum absolute atomic E-state index is 0.0464. The van der Waals surface area contributed by atoms with Gasteiger partial charge in [-0.2, -0.15) is 0 Å². The summed E-state index contributed by atoms with van der Waals surface area (Å²) in [4.78, 5) is 45.2. The van der Waals surface area contributed by atoms with E-state index in [4.69, 9.17) is 4.74 Å². The van der Waals surface area contributed by atoms with E-state index in [1.165, 1.54) is 0 Å². The topological polar surface area (TPSA) is 82.2 Å². The van der Waals surface area contributed by atoms with Crippen molar-refractivity contribution in [2.75, 3.05) is 44.2 Å². The number of fused-ring (bicyclic) bond motifs is 1. The molecule has 3 aliphatic rings. The van der Waals surface area contributed by atoms with E-state index in [2.05, 4.69) is 29.0 Å². The van der Waals surface area contributed by atoms with Gasteiger partial charge >= 0.3 is 0 Å².